The van der Waals surface area contributed by atoms with Crippen molar-refractivity contribution in [3.05, 3.63) is 35.4 Å². The summed E-state index contributed by atoms with van der Waals surface area (Å²) in [5, 5.41) is 0. The van der Waals surface area contributed by atoms with Crippen LogP contribution >= 0.6 is 0 Å². The van der Waals surface area contributed by atoms with Crippen LogP contribution < -0.4 is 0 Å². The highest BCUT2D eigenvalue weighted by Gasteiger charge is 2.11. The average molecular weight is 220 g/mol. The number of aryl methyl sites for hydroxylation is 1. The topological polar surface area (TPSA) is 26.3 Å². The van der Waals surface area contributed by atoms with E-state index in [1.165, 1.54) is 0 Å². The van der Waals surface area contributed by atoms with Crippen LogP contribution in [-0.2, 0) is 11.2 Å². The fourth-order valence-corrected chi connectivity index (χ4v) is 1.44. The van der Waals surface area contributed by atoms with Crippen molar-refractivity contribution in [3.8, 4) is 0 Å². The third-order valence-corrected chi connectivity index (χ3v) is 2.81. The molecule has 1 aromatic rings. The van der Waals surface area contributed by atoms with Crippen LogP contribution in [0.3, 0.4) is 0 Å². The van der Waals surface area contributed by atoms with Crippen LogP contribution in [0.4, 0.5) is 0 Å². The zero-order valence-electron chi connectivity index (χ0n) is 10.3. The fraction of sp³-hybridized carbons (Fsp3) is 0.500. The van der Waals surface area contributed by atoms with Crippen LogP contribution in [-0.4, -0.2) is 12.6 Å². The summed E-state index contributed by atoms with van der Waals surface area (Å²) < 4.78 is 5.28. The molecule has 0 bridgehead atoms. The smallest absolute Gasteiger partial charge is 0.338 e. The molecular formula is C14H20O2. The molecule has 0 radical (unpaired) electrons. The average Bonchev–Trinajstić information content (AvgIpc) is 2.35. The van der Waals surface area contributed by atoms with Crippen molar-refractivity contribution in [1.29, 1.82) is 0 Å². The van der Waals surface area contributed by atoms with Crippen molar-refractivity contribution < 1.29 is 9.53 Å². The Labute approximate surface area is 97.6 Å². The summed E-state index contributed by atoms with van der Waals surface area (Å²) in [6, 6.07) is 7.63. The Morgan fingerprint density at radius 3 is 2.62 bits per heavy atom. The van der Waals surface area contributed by atoms with Gasteiger partial charge in [0, 0.05) is 0 Å². The predicted molar refractivity (Wildman–Crippen MR) is 65.6 cm³/mol. The monoisotopic (exact) mass is 220 g/mol. The van der Waals surface area contributed by atoms with Crippen LogP contribution in [0.25, 0.3) is 0 Å². The number of carbonyl (C=O) groups is 1. The quantitative estimate of drug-likeness (QED) is 0.710. The van der Waals surface area contributed by atoms with Gasteiger partial charge in [0.25, 0.3) is 0 Å². The van der Waals surface area contributed by atoms with E-state index < -0.39 is 0 Å². The van der Waals surface area contributed by atoms with E-state index in [0.717, 1.165) is 18.4 Å². The summed E-state index contributed by atoms with van der Waals surface area (Å²) >= 11 is 0. The Morgan fingerprint density at radius 1 is 1.31 bits per heavy atom. The minimum absolute atomic E-state index is 0.197. The van der Waals surface area contributed by atoms with Crippen molar-refractivity contribution >= 4 is 5.97 Å². The number of benzene rings is 1. The van der Waals surface area contributed by atoms with E-state index in [2.05, 4.69) is 13.8 Å². The maximum Gasteiger partial charge on any atom is 0.338 e. The first-order valence-corrected chi connectivity index (χ1v) is 5.94. The summed E-state index contributed by atoms with van der Waals surface area (Å²) in [5.74, 6) is 0.232. The van der Waals surface area contributed by atoms with Gasteiger partial charge in [-0.15, -0.1) is 0 Å². The lowest BCUT2D eigenvalue weighted by atomic mass is 10.1. The van der Waals surface area contributed by atoms with E-state index >= 15 is 0 Å². The molecule has 88 valence electrons. The highest BCUT2D eigenvalue weighted by atomic mass is 16.5. The maximum atomic E-state index is 11.8. The van der Waals surface area contributed by atoms with E-state index in [-0.39, 0.29) is 5.97 Å². The SMILES string of the molecule is CCc1ccccc1C(=O)OCC(C)CC. The van der Waals surface area contributed by atoms with Crippen molar-refractivity contribution in [1.82, 2.24) is 0 Å². The van der Waals surface area contributed by atoms with Crippen LogP contribution in [0.2, 0.25) is 0 Å². The Bertz CT molecular complexity index is 344. The lowest BCUT2D eigenvalue weighted by Crippen LogP contribution is -2.13. The molecule has 0 aromatic heterocycles. The highest BCUT2D eigenvalue weighted by Crippen LogP contribution is 2.12. The van der Waals surface area contributed by atoms with Gasteiger partial charge in [0.15, 0.2) is 0 Å². The first-order valence-electron chi connectivity index (χ1n) is 5.94. The number of carbonyl (C=O) groups excluding carboxylic acids is 1. The molecule has 2 nitrogen and oxygen atoms in total. The molecule has 0 saturated heterocycles. The molecule has 0 heterocycles. The molecule has 2 heteroatoms. The second-order valence-corrected chi connectivity index (χ2v) is 4.12. The van der Waals surface area contributed by atoms with Gasteiger partial charge in [-0.2, -0.15) is 0 Å². The lowest BCUT2D eigenvalue weighted by molar-refractivity contribution is 0.0446. The molecule has 0 N–H and O–H groups in total. The van der Waals surface area contributed by atoms with Crippen LogP contribution in [0.15, 0.2) is 24.3 Å². The Morgan fingerprint density at radius 2 is 2.00 bits per heavy atom. The molecule has 1 aromatic carbocycles. The first kappa shape index (κ1) is 12.8. The normalized spacial score (nSPS) is 12.2. The van der Waals surface area contributed by atoms with Gasteiger partial charge in [-0.25, -0.2) is 4.79 Å². The van der Waals surface area contributed by atoms with Gasteiger partial charge in [0.2, 0.25) is 0 Å². The second-order valence-electron chi connectivity index (χ2n) is 4.12. The molecule has 0 spiro atoms. The second kappa shape index (κ2) is 6.31. The van der Waals surface area contributed by atoms with Gasteiger partial charge in [-0.05, 0) is 24.0 Å². The fourth-order valence-electron chi connectivity index (χ4n) is 1.44. The van der Waals surface area contributed by atoms with Crippen molar-refractivity contribution in [2.24, 2.45) is 5.92 Å². The van der Waals surface area contributed by atoms with Gasteiger partial charge < -0.3 is 4.74 Å². The summed E-state index contributed by atoms with van der Waals surface area (Å²) in [4.78, 5) is 11.8. The van der Waals surface area contributed by atoms with E-state index in [9.17, 15) is 4.79 Å². The highest BCUT2D eigenvalue weighted by molar-refractivity contribution is 5.91. The maximum absolute atomic E-state index is 11.8. The molecule has 1 unspecified atom stereocenters. The molecule has 1 atom stereocenters. The molecule has 0 aliphatic carbocycles. The summed E-state index contributed by atoms with van der Waals surface area (Å²) in [6.07, 6.45) is 1.89. The molecule has 0 aliphatic heterocycles. The number of hydrogen-bond donors (Lipinski definition) is 0. The van der Waals surface area contributed by atoms with Gasteiger partial charge >= 0.3 is 5.97 Å². The summed E-state index contributed by atoms with van der Waals surface area (Å²) in [6.45, 7) is 6.73. The van der Waals surface area contributed by atoms with E-state index in [0.29, 0.717) is 18.1 Å². The largest absolute Gasteiger partial charge is 0.462 e. The Kier molecular flexibility index (Phi) is 5.03. The number of hydrogen-bond acceptors (Lipinski definition) is 2. The third kappa shape index (κ3) is 3.37. The molecule has 0 aliphatic rings. The lowest BCUT2D eigenvalue weighted by Gasteiger charge is -2.11. The summed E-state index contributed by atoms with van der Waals surface area (Å²) in [7, 11) is 0. The molecule has 16 heavy (non-hydrogen) atoms. The molecule has 1 rings (SSSR count). The minimum Gasteiger partial charge on any atom is -0.462 e. The first-order chi connectivity index (χ1) is 7.69. The predicted octanol–water partition coefficient (Wildman–Crippen LogP) is 3.45. The standard InChI is InChI=1S/C14H20O2/c1-4-11(3)10-16-14(15)13-9-7-6-8-12(13)5-2/h6-9,11H,4-5,10H2,1-3H3. The van der Waals surface area contributed by atoms with Gasteiger partial charge in [0.05, 0.1) is 12.2 Å². The van der Waals surface area contributed by atoms with Gasteiger partial charge in [-0.1, -0.05) is 45.4 Å². The van der Waals surface area contributed by atoms with Crippen molar-refractivity contribution in [3.63, 3.8) is 0 Å². The number of esters is 1. The van der Waals surface area contributed by atoms with Crippen molar-refractivity contribution in [2.45, 2.75) is 33.6 Å². The molecule has 0 saturated carbocycles. The van der Waals surface area contributed by atoms with Crippen molar-refractivity contribution in [2.75, 3.05) is 6.61 Å². The van der Waals surface area contributed by atoms with E-state index in [1.807, 2.05) is 31.2 Å². The molecule has 0 fully saturated rings. The number of rotatable bonds is 5. The van der Waals surface area contributed by atoms with E-state index in [4.69, 9.17) is 4.74 Å². The molecule has 0 amide bonds. The summed E-state index contributed by atoms with van der Waals surface area (Å²) in [5.41, 5.74) is 1.75. The van der Waals surface area contributed by atoms with Crippen LogP contribution in [0.1, 0.15) is 43.1 Å². The third-order valence-electron chi connectivity index (χ3n) is 2.81. The number of ether oxygens (including phenoxy) is 1. The minimum atomic E-state index is -0.197. The zero-order valence-corrected chi connectivity index (χ0v) is 10.3. The van der Waals surface area contributed by atoms with E-state index in [1.54, 1.807) is 0 Å². The van der Waals surface area contributed by atoms with Gasteiger partial charge in [-0.3, -0.25) is 0 Å². The zero-order chi connectivity index (χ0) is 12.0. The van der Waals surface area contributed by atoms with Crippen LogP contribution in [0, 0.1) is 5.92 Å². The van der Waals surface area contributed by atoms with Gasteiger partial charge in [0.1, 0.15) is 0 Å². The molecular weight excluding hydrogens is 200 g/mol. The van der Waals surface area contributed by atoms with Crippen LogP contribution in [0.5, 0.6) is 0 Å². The Balaban J connectivity index is 2.65. The Hall–Kier alpha value is -1.31.